The van der Waals surface area contributed by atoms with Crippen LogP contribution in [0.4, 0.5) is 18.9 Å². The fourth-order valence-electron chi connectivity index (χ4n) is 3.23. The van der Waals surface area contributed by atoms with Crippen LogP contribution in [-0.4, -0.2) is 52.8 Å². The van der Waals surface area contributed by atoms with Crippen LogP contribution in [0.5, 0.6) is 0 Å². The molecule has 27 heavy (non-hydrogen) atoms. The minimum absolute atomic E-state index is 0.368. The van der Waals surface area contributed by atoms with Crippen LogP contribution >= 0.6 is 0 Å². The second kappa shape index (κ2) is 8.38. The molecule has 0 spiro atoms. The Balaban J connectivity index is 0.000000279. The number of carboxylic acids is 2. The second-order valence-corrected chi connectivity index (χ2v) is 6.33. The number of likely N-dealkylation sites (N-methyl/N-ethyl adjacent to an activating group) is 1. The summed E-state index contributed by atoms with van der Waals surface area (Å²) in [4.78, 5) is 24.9. The molecule has 1 aliphatic carbocycles. The van der Waals surface area contributed by atoms with Crippen molar-refractivity contribution in [1.82, 2.24) is 10.3 Å². The van der Waals surface area contributed by atoms with Gasteiger partial charge in [-0.3, -0.25) is 0 Å². The number of hydrogen-bond acceptors (Lipinski definition) is 5. The molecule has 2 fully saturated rings. The third-order valence-electron chi connectivity index (χ3n) is 4.36. The summed E-state index contributed by atoms with van der Waals surface area (Å²) in [6.45, 7) is 0.855. The molecule has 0 aromatic carbocycles. The molecule has 2 aliphatic rings. The first-order valence-electron chi connectivity index (χ1n) is 8.23. The fraction of sp³-hybridized carbons (Fsp3) is 0.471. The Morgan fingerprint density at radius 3 is 2.33 bits per heavy atom. The van der Waals surface area contributed by atoms with E-state index in [0.717, 1.165) is 31.1 Å². The lowest BCUT2D eigenvalue weighted by Crippen LogP contribution is -2.39. The molecule has 3 N–H and O–H groups in total. The number of aromatic nitrogens is 1. The zero-order valence-corrected chi connectivity index (χ0v) is 14.5. The van der Waals surface area contributed by atoms with Gasteiger partial charge in [0.05, 0.1) is 11.9 Å². The van der Waals surface area contributed by atoms with Crippen molar-refractivity contribution in [1.29, 1.82) is 0 Å². The number of hydrogen-bond donors (Lipinski definition) is 3. The maximum atomic E-state index is 12.5. The summed E-state index contributed by atoms with van der Waals surface area (Å²) in [5.74, 6) is -1.81. The van der Waals surface area contributed by atoms with Gasteiger partial charge in [0, 0.05) is 30.8 Å². The lowest BCUT2D eigenvalue weighted by atomic mass is 10.1. The molecule has 1 aliphatic heterocycles. The molecule has 3 unspecified atom stereocenters. The first-order valence-corrected chi connectivity index (χ1v) is 8.23. The second-order valence-electron chi connectivity index (χ2n) is 6.33. The molecule has 3 atom stereocenters. The number of nitrogens with one attached hydrogen (secondary N) is 1. The van der Waals surface area contributed by atoms with Crippen LogP contribution in [0.2, 0.25) is 0 Å². The predicted molar refractivity (Wildman–Crippen MR) is 90.4 cm³/mol. The molecule has 1 aromatic heterocycles. The number of alkyl halides is 3. The van der Waals surface area contributed by atoms with E-state index in [0.29, 0.717) is 30.2 Å². The van der Waals surface area contributed by atoms with Gasteiger partial charge in [-0.25, -0.2) is 14.6 Å². The average molecular weight is 387 g/mol. The Labute approximate surface area is 153 Å². The number of carbonyl (C=O) groups is 2. The number of nitrogens with zero attached hydrogens (tertiary/aromatic N) is 2. The van der Waals surface area contributed by atoms with Crippen molar-refractivity contribution in [3.63, 3.8) is 0 Å². The van der Waals surface area contributed by atoms with E-state index in [9.17, 15) is 22.8 Å². The predicted octanol–water partition coefficient (Wildman–Crippen LogP) is 2.00. The molecule has 1 saturated heterocycles. The maximum absolute atomic E-state index is 12.5. The van der Waals surface area contributed by atoms with Crippen molar-refractivity contribution in [2.75, 3.05) is 18.5 Å². The first-order chi connectivity index (χ1) is 12.6. The molecule has 0 bridgehead atoms. The largest absolute Gasteiger partial charge is 0.478 e. The highest BCUT2D eigenvalue weighted by Crippen LogP contribution is 2.49. The summed E-state index contributed by atoms with van der Waals surface area (Å²) >= 11 is 0. The molecular formula is C17H20F3N3O4. The van der Waals surface area contributed by atoms with Crippen LogP contribution in [0.25, 0.3) is 0 Å². The molecule has 0 amide bonds. The van der Waals surface area contributed by atoms with Crippen LogP contribution < -0.4 is 10.2 Å². The number of carboxylic acid groups (broad SMARTS) is 2. The molecule has 1 saturated carbocycles. The van der Waals surface area contributed by atoms with Gasteiger partial charge >= 0.3 is 18.1 Å². The van der Waals surface area contributed by atoms with Crippen molar-refractivity contribution in [2.24, 2.45) is 5.92 Å². The van der Waals surface area contributed by atoms with Gasteiger partial charge in [-0.15, -0.1) is 0 Å². The maximum Gasteiger partial charge on any atom is 0.433 e. The fourth-order valence-corrected chi connectivity index (χ4v) is 3.23. The van der Waals surface area contributed by atoms with Gasteiger partial charge in [0.25, 0.3) is 0 Å². The lowest BCUT2D eigenvalue weighted by Gasteiger charge is -2.29. The number of pyridine rings is 1. The number of piperidine rings is 1. The van der Waals surface area contributed by atoms with Crippen molar-refractivity contribution >= 4 is 17.6 Å². The molecule has 0 radical (unpaired) electrons. The van der Waals surface area contributed by atoms with Crippen molar-refractivity contribution in [3.05, 3.63) is 36.2 Å². The normalized spacial score (nSPS) is 23.6. The van der Waals surface area contributed by atoms with Gasteiger partial charge in [-0.2, -0.15) is 13.2 Å². The first kappa shape index (κ1) is 20.7. The summed E-state index contributed by atoms with van der Waals surface area (Å²) in [5, 5.41) is 18.8. The van der Waals surface area contributed by atoms with Crippen molar-refractivity contribution < 1.29 is 33.0 Å². The van der Waals surface area contributed by atoms with Crippen molar-refractivity contribution in [3.8, 4) is 0 Å². The van der Waals surface area contributed by atoms with E-state index in [2.05, 4.69) is 15.2 Å². The van der Waals surface area contributed by atoms with E-state index in [1.165, 1.54) is 6.20 Å². The van der Waals surface area contributed by atoms with E-state index in [1.807, 2.05) is 7.05 Å². The molecule has 2 heterocycles. The van der Waals surface area contributed by atoms with Crippen LogP contribution in [0.3, 0.4) is 0 Å². The Kier molecular flexibility index (Phi) is 6.42. The van der Waals surface area contributed by atoms with E-state index in [-0.39, 0.29) is 0 Å². The molecular weight excluding hydrogens is 367 g/mol. The number of halogens is 3. The molecule has 10 heteroatoms. The summed E-state index contributed by atoms with van der Waals surface area (Å²) in [6, 6.07) is 3.48. The van der Waals surface area contributed by atoms with Gasteiger partial charge in [0.15, 0.2) is 0 Å². The van der Waals surface area contributed by atoms with Crippen molar-refractivity contribution in [2.45, 2.75) is 31.1 Å². The van der Waals surface area contributed by atoms with E-state index < -0.39 is 23.8 Å². The Morgan fingerprint density at radius 1 is 1.26 bits per heavy atom. The number of fused-ring (bicyclic) bond motifs is 1. The summed E-state index contributed by atoms with van der Waals surface area (Å²) in [7, 11) is 1.90. The SMILES string of the molecule is CNCC1CC2CC2N1c1ccc(C(F)(F)F)nc1.O=C(O)C=CC(=O)O. The Bertz CT molecular complexity index is 690. The van der Waals surface area contributed by atoms with Gasteiger partial charge in [-0.1, -0.05) is 0 Å². The molecule has 3 rings (SSSR count). The minimum atomic E-state index is -4.37. The highest BCUT2D eigenvalue weighted by molar-refractivity contribution is 5.89. The smallest absolute Gasteiger partial charge is 0.433 e. The lowest BCUT2D eigenvalue weighted by molar-refractivity contribution is -0.141. The molecule has 148 valence electrons. The Morgan fingerprint density at radius 2 is 1.89 bits per heavy atom. The highest BCUT2D eigenvalue weighted by Gasteiger charge is 2.51. The molecule has 1 aromatic rings. The van der Waals surface area contributed by atoms with Gasteiger partial charge < -0.3 is 20.4 Å². The number of rotatable bonds is 5. The van der Waals surface area contributed by atoms with Crippen LogP contribution in [0.15, 0.2) is 30.5 Å². The van der Waals surface area contributed by atoms with Gasteiger partial charge in [0.1, 0.15) is 5.69 Å². The van der Waals surface area contributed by atoms with Gasteiger partial charge in [0.2, 0.25) is 0 Å². The summed E-state index contributed by atoms with van der Waals surface area (Å²) in [6.07, 6.45) is 0.376. The van der Waals surface area contributed by atoms with Crippen LogP contribution in [0.1, 0.15) is 18.5 Å². The zero-order valence-electron chi connectivity index (χ0n) is 14.5. The molecule has 7 nitrogen and oxygen atoms in total. The standard InChI is InChI=1S/C13H16F3N3.C4H4O4/c1-17-6-10-4-8-5-11(8)19(10)9-2-3-12(18-7-9)13(14,15)16;5-3(6)1-2-4(7)8/h2-3,7-8,10-11,17H,4-6H2,1H3;1-2H,(H,5,6)(H,7,8). The summed E-state index contributed by atoms with van der Waals surface area (Å²) < 4.78 is 37.5. The minimum Gasteiger partial charge on any atom is -0.478 e. The average Bonchev–Trinajstić information content (AvgIpc) is 3.24. The van der Waals surface area contributed by atoms with E-state index in [4.69, 9.17) is 10.2 Å². The third kappa shape index (κ3) is 5.68. The monoisotopic (exact) mass is 387 g/mol. The van der Waals surface area contributed by atoms with E-state index >= 15 is 0 Å². The van der Waals surface area contributed by atoms with Gasteiger partial charge in [-0.05, 0) is 37.9 Å². The summed E-state index contributed by atoms with van der Waals surface area (Å²) in [5.41, 5.74) is -0.0220. The Hall–Kier alpha value is -2.62. The van der Waals surface area contributed by atoms with Crippen LogP contribution in [-0.2, 0) is 15.8 Å². The topological polar surface area (TPSA) is 103 Å². The quantitative estimate of drug-likeness (QED) is 0.664. The van der Waals surface area contributed by atoms with Crippen LogP contribution in [0, 0.1) is 5.92 Å². The third-order valence-corrected chi connectivity index (χ3v) is 4.36. The number of aliphatic carboxylic acids is 2. The number of anilines is 1. The highest BCUT2D eigenvalue weighted by atomic mass is 19.4. The zero-order chi connectivity index (χ0) is 20.2. The van der Waals surface area contributed by atoms with E-state index in [1.54, 1.807) is 6.07 Å².